The van der Waals surface area contributed by atoms with Crippen molar-refractivity contribution in [3.63, 3.8) is 0 Å². The molecular weight excluding hydrogens is 234 g/mol. The van der Waals surface area contributed by atoms with E-state index in [1.54, 1.807) is 12.5 Å². The summed E-state index contributed by atoms with van der Waals surface area (Å²) in [7, 11) is 0. The lowest BCUT2D eigenvalue weighted by molar-refractivity contribution is -0.0974. The van der Waals surface area contributed by atoms with Crippen LogP contribution in [0.2, 0.25) is 0 Å². The maximum atomic E-state index is 11.7. The van der Waals surface area contributed by atoms with E-state index in [-0.39, 0.29) is 6.09 Å². The molecule has 1 aromatic heterocycles. The van der Waals surface area contributed by atoms with Crippen molar-refractivity contribution >= 4 is 6.09 Å². The van der Waals surface area contributed by atoms with Crippen LogP contribution in [0.15, 0.2) is 23.0 Å². The predicted molar refractivity (Wildman–Crippen MR) is 65.2 cm³/mol. The molecule has 1 aliphatic rings. The van der Waals surface area contributed by atoms with Crippen molar-refractivity contribution in [3.8, 4) is 0 Å². The summed E-state index contributed by atoms with van der Waals surface area (Å²) >= 11 is 0. The van der Waals surface area contributed by atoms with Crippen LogP contribution < -0.4 is 0 Å². The lowest BCUT2D eigenvalue weighted by atomic mass is 9.88. The molecule has 5 nitrogen and oxygen atoms in total. The lowest BCUT2D eigenvalue weighted by Crippen LogP contribution is -2.65. The Bertz CT molecular complexity index is 413. The summed E-state index contributed by atoms with van der Waals surface area (Å²) in [5.41, 5.74) is -0.433. The van der Waals surface area contributed by atoms with Crippen LogP contribution in [-0.4, -0.2) is 40.4 Å². The van der Waals surface area contributed by atoms with E-state index in [1.165, 1.54) is 4.90 Å². The number of furan rings is 1. The van der Waals surface area contributed by atoms with Gasteiger partial charge in [-0.05, 0) is 32.4 Å². The third kappa shape index (κ3) is 3.04. The van der Waals surface area contributed by atoms with E-state index in [0.717, 1.165) is 5.56 Å². The Morgan fingerprint density at radius 1 is 1.56 bits per heavy atom. The first-order valence-electron chi connectivity index (χ1n) is 5.99. The van der Waals surface area contributed by atoms with Crippen LogP contribution in [0.25, 0.3) is 0 Å². The van der Waals surface area contributed by atoms with Gasteiger partial charge < -0.3 is 19.2 Å². The van der Waals surface area contributed by atoms with E-state index in [0.29, 0.717) is 19.5 Å². The number of ether oxygens (including phenoxy) is 1. The summed E-state index contributed by atoms with van der Waals surface area (Å²) in [5.74, 6) is 0. The highest BCUT2D eigenvalue weighted by Crippen LogP contribution is 2.27. The normalized spacial score (nSPS) is 18.3. The highest BCUT2D eigenvalue weighted by Gasteiger charge is 2.45. The topological polar surface area (TPSA) is 62.9 Å². The van der Waals surface area contributed by atoms with Crippen molar-refractivity contribution in [3.05, 3.63) is 24.2 Å². The SMILES string of the molecule is CC(C)(C)OC(=O)N1CC(O)(Cc2ccoc2)C1. The molecule has 18 heavy (non-hydrogen) atoms. The summed E-state index contributed by atoms with van der Waals surface area (Å²) in [5, 5.41) is 10.2. The van der Waals surface area contributed by atoms with E-state index >= 15 is 0 Å². The minimum Gasteiger partial charge on any atom is -0.472 e. The number of nitrogens with zero attached hydrogens (tertiary/aromatic N) is 1. The Balaban J connectivity index is 1.84. The van der Waals surface area contributed by atoms with Gasteiger partial charge in [0.15, 0.2) is 0 Å². The van der Waals surface area contributed by atoms with Gasteiger partial charge in [-0.3, -0.25) is 0 Å². The second-order valence-corrected chi connectivity index (χ2v) is 5.87. The van der Waals surface area contributed by atoms with Crippen LogP contribution in [0.5, 0.6) is 0 Å². The molecule has 1 amide bonds. The number of hydrogen-bond donors (Lipinski definition) is 1. The van der Waals surface area contributed by atoms with Crippen molar-refractivity contribution in [1.82, 2.24) is 4.90 Å². The molecule has 0 spiro atoms. The van der Waals surface area contributed by atoms with Gasteiger partial charge >= 0.3 is 6.09 Å². The first kappa shape index (κ1) is 13.0. The second-order valence-electron chi connectivity index (χ2n) is 5.87. The predicted octanol–water partition coefficient (Wildman–Crippen LogP) is 1.80. The van der Waals surface area contributed by atoms with Crippen LogP contribution in [-0.2, 0) is 11.2 Å². The molecule has 100 valence electrons. The number of rotatable bonds is 2. The monoisotopic (exact) mass is 253 g/mol. The Kier molecular flexibility index (Phi) is 3.11. The average molecular weight is 253 g/mol. The van der Waals surface area contributed by atoms with E-state index < -0.39 is 11.2 Å². The number of β-amino-alcohol motifs (C(OH)–C–C–N with tert-alkyl or cyclic N) is 1. The minimum absolute atomic E-state index is 0.299. The molecule has 0 aromatic carbocycles. The zero-order chi connectivity index (χ0) is 13.4. The molecule has 2 heterocycles. The van der Waals surface area contributed by atoms with Crippen LogP contribution in [0.1, 0.15) is 26.3 Å². The molecule has 5 heteroatoms. The zero-order valence-electron chi connectivity index (χ0n) is 11.0. The molecule has 1 aromatic rings. The van der Waals surface area contributed by atoms with Crippen molar-refractivity contribution in [2.45, 2.75) is 38.4 Å². The van der Waals surface area contributed by atoms with Gasteiger partial charge in [-0.1, -0.05) is 0 Å². The Hall–Kier alpha value is -1.49. The summed E-state index contributed by atoms with van der Waals surface area (Å²) < 4.78 is 10.2. The first-order valence-corrected chi connectivity index (χ1v) is 5.99. The maximum Gasteiger partial charge on any atom is 0.410 e. The van der Waals surface area contributed by atoms with Crippen LogP contribution in [0.4, 0.5) is 4.79 Å². The van der Waals surface area contributed by atoms with Crippen LogP contribution in [0, 0.1) is 0 Å². The van der Waals surface area contributed by atoms with Gasteiger partial charge in [0.25, 0.3) is 0 Å². The number of hydrogen-bond acceptors (Lipinski definition) is 4. The van der Waals surface area contributed by atoms with Gasteiger partial charge in [0.1, 0.15) is 11.2 Å². The number of amides is 1. The summed E-state index contributed by atoms with van der Waals surface area (Å²) in [4.78, 5) is 13.2. The fourth-order valence-electron chi connectivity index (χ4n) is 2.00. The smallest absolute Gasteiger partial charge is 0.410 e. The summed E-state index contributed by atoms with van der Waals surface area (Å²) in [6, 6.07) is 1.81. The lowest BCUT2D eigenvalue weighted by Gasteiger charge is -2.46. The van der Waals surface area contributed by atoms with Crippen molar-refractivity contribution in [2.75, 3.05) is 13.1 Å². The number of carbonyl (C=O) groups is 1. The number of carbonyl (C=O) groups excluding carboxylic acids is 1. The minimum atomic E-state index is -0.860. The standard InChI is InChI=1S/C13H19NO4/c1-12(2,3)18-11(15)14-8-13(16,9-14)6-10-4-5-17-7-10/h4-5,7,16H,6,8-9H2,1-3H3. The molecule has 0 saturated carbocycles. The molecule has 1 saturated heterocycles. The first-order chi connectivity index (χ1) is 8.27. The average Bonchev–Trinajstić information content (AvgIpc) is 2.63. The number of aliphatic hydroxyl groups is 1. The Morgan fingerprint density at radius 3 is 2.72 bits per heavy atom. The molecule has 1 N–H and O–H groups in total. The quantitative estimate of drug-likeness (QED) is 0.873. The maximum absolute atomic E-state index is 11.7. The van der Waals surface area contributed by atoms with E-state index in [2.05, 4.69) is 0 Å². The molecule has 0 bridgehead atoms. The molecule has 0 atom stereocenters. The van der Waals surface area contributed by atoms with E-state index in [1.807, 2.05) is 26.8 Å². The molecule has 1 aliphatic heterocycles. The van der Waals surface area contributed by atoms with Gasteiger partial charge in [0.2, 0.25) is 0 Å². The summed E-state index contributed by atoms with van der Waals surface area (Å²) in [6.45, 7) is 6.06. The van der Waals surface area contributed by atoms with Crippen LogP contribution in [0.3, 0.4) is 0 Å². The number of likely N-dealkylation sites (tertiary alicyclic amines) is 1. The van der Waals surface area contributed by atoms with Gasteiger partial charge in [-0.2, -0.15) is 0 Å². The van der Waals surface area contributed by atoms with Gasteiger partial charge in [-0.15, -0.1) is 0 Å². The largest absolute Gasteiger partial charge is 0.472 e. The van der Waals surface area contributed by atoms with E-state index in [4.69, 9.17) is 9.15 Å². The van der Waals surface area contributed by atoms with E-state index in [9.17, 15) is 9.90 Å². The van der Waals surface area contributed by atoms with Crippen molar-refractivity contribution < 1.29 is 19.1 Å². The van der Waals surface area contributed by atoms with Gasteiger partial charge in [0.05, 0.1) is 25.6 Å². The zero-order valence-corrected chi connectivity index (χ0v) is 11.0. The molecule has 1 fully saturated rings. The van der Waals surface area contributed by atoms with Crippen molar-refractivity contribution in [2.24, 2.45) is 0 Å². The summed E-state index contributed by atoms with van der Waals surface area (Å²) in [6.07, 6.45) is 3.29. The van der Waals surface area contributed by atoms with Gasteiger partial charge in [0, 0.05) is 6.42 Å². The molecule has 0 aliphatic carbocycles. The fraction of sp³-hybridized carbons (Fsp3) is 0.615. The molecule has 0 radical (unpaired) electrons. The highest BCUT2D eigenvalue weighted by molar-refractivity contribution is 5.69. The fourth-order valence-corrected chi connectivity index (χ4v) is 2.00. The molecule has 0 unspecified atom stereocenters. The third-order valence-corrected chi connectivity index (χ3v) is 2.74. The van der Waals surface area contributed by atoms with Crippen molar-refractivity contribution in [1.29, 1.82) is 0 Å². The Morgan fingerprint density at radius 2 is 2.22 bits per heavy atom. The van der Waals surface area contributed by atoms with Gasteiger partial charge in [-0.25, -0.2) is 4.79 Å². The highest BCUT2D eigenvalue weighted by atomic mass is 16.6. The molecular formula is C13H19NO4. The third-order valence-electron chi connectivity index (χ3n) is 2.74. The second kappa shape index (κ2) is 4.31. The molecule has 2 rings (SSSR count). The van der Waals surface area contributed by atoms with Crippen LogP contribution >= 0.6 is 0 Å². The Labute approximate surface area is 106 Å².